The van der Waals surface area contributed by atoms with Crippen LogP contribution in [0.5, 0.6) is 0 Å². The minimum absolute atomic E-state index is 0.0369. The third-order valence-corrected chi connectivity index (χ3v) is 11.6. The predicted octanol–water partition coefficient (Wildman–Crippen LogP) is 13.6. The summed E-state index contributed by atoms with van der Waals surface area (Å²) in [4.78, 5) is 35.4. The van der Waals surface area contributed by atoms with Crippen LogP contribution in [0.25, 0.3) is 0 Å². The van der Waals surface area contributed by atoms with Crippen molar-refractivity contribution < 1.29 is 42.1 Å². The largest absolute Gasteiger partial charge is 0.472 e. The van der Waals surface area contributed by atoms with Crippen LogP contribution in [0.15, 0.2) is 0 Å². The van der Waals surface area contributed by atoms with Crippen LogP contribution < -0.4 is 0 Å². The quantitative estimate of drug-likeness (QED) is 0.0280. The molecule has 0 radical (unpaired) electrons. The van der Waals surface area contributed by atoms with Gasteiger partial charge in [0.1, 0.15) is 19.8 Å². The van der Waals surface area contributed by atoms with E-state index in [-0.39, 0.29) is 25.6 Å². The van der Waals surface area contributed by atoms with Gasteiger partial charge in [-0.3, -0.25) is 18.6 Å². The van der Waals surface area contributed by atoms with Crippen molar-refractivity contribution in [3.8, 4) is 0 Å². The summed E-state index contributed by atoms with van der Waals surface area (Å²) in [5.41, 5.74) is 0. The van der Waals surface area contributed by atoms with Crippen molar-refractivity contribution in [3.05, 3.63) is 0 Å². The van der Waals surface area contributed by atoms with Crippen LogP contribution in [0, 0.1) is 0 Å². The number of phosphoric ester groups is 1. The molecule has 0 saturated carbocycles. The molecule has 0 heterocycles. The SMILES string of the molecule is CCCCCCCCCCCCCCCCCCCCCCCC(=O)O[C@H](COC(=O)CCCCCCCCCCCCC)COP(=O)(O)OCC[N+](C)(C)C. The van der Waals surface area contributed by atoms with E-state index in [1.807, 2.05) is 21.1 Å². The lowest BCUT2D eigenvalue weighted by Gasteiger charge is -2.24. The maximum atomic E-state index is 12.7. The molecule has 0 aromatic carbocycles. The summed E-state index contributed by atoms with van der Waals surface area (Å²) in [6.07, 6.45) is 40.1. The molecule has 0 aliphatic heterocycles. The summed E-state index contributed by atoms with van der Waals surface area (Å²) in [5.74, 6) is -0.783. The molecule has 0 amide bonds. The van der Waals surface area contributed by atoms with Gasteiger partial charge in [0, 0.05) is 12.8 Å². The fraction of sp³-hybridized carbons (Fsp3) is 0.957. The highest BCUT2D eigenvalue weighted by Crippen LogP contribution is 2.43. The smallest absolute Gasteiger partial charge is 0.462 e. The Bertz CT molecular complexity index is 927. The van der Waals surface area contributed by atoms with Gasteiger partial charge in [0.15, 0.2) is 6.10 Å². The summed E-state index contributed by atoms with van der Waals surface area (Å²) in [6, 6.07) is 0. The highest BCUT2D eigenvalue weighted by molar-refractivity contribution is 7.47. The first kappa shape index (κ1) is 55.0. The Labute approximate surface area is 346 Å². The van der Waals surface area contributed by atoms with E-state index < -0.39 is 26.5 Å². The molecule has 0 spiro atoms. The number of likely N-dealkylation sites (N-methyl/N-ethyl adjacent to an activating group) is 1. The molecular weight excluding hydrogens is 725 g/mol. The number of rotatable bonds is 44. The van der Waals surface area contributed by atoms with Crippen molar-refractivity contribution in [1.29, 1.82) is 0 Å². The Balaban J connectivity index is 4.19. The molecule has 0 aliphatic carbocycles. The lowest BCUT2D eigenvalue weighted by atomic mass is 10.0. The van der Waals surface area contributed by atoms with Crippen LogP contribution in [0.4, 0.5) is 0 Å². The van der Waals surface area contributed by atoms with Gasteiger partial charge in [0.2, 0.25) is 0 Å². The molecular formula is C46H93NO8P+. The van der Waals surface area contributed by atoms with Gasteiger partial charge in [0.05, 0.1) is 27.7 Å². The van der Waals surface area contributed by atoms with E-state index in [0.29, 0.717) is 17.4 Å². The van der Waals surface area contributed by atoms with Crippen molar-refractivity contribution in [2.75, 3.05) is 47.5 Å². The molecule has 0 fully saturated rings. The summed E-state index contributed by atoms with van der Waals surface area (Å²) in [6.45, 7) is 4.46. The number of hydrogen-bond acceptors (Lipinski definition) is 7. The Morgan fingerprint density at radius 2 is 0.804 bits per heavy atom. The van der Waals surface area contributed by atoms with E-state index in [1.165, 1.54) is 167 Å². The van der Waals surface area contributed by atoms with Gasteiger partial charge >= 0.3 is 19.8 Å². The fourth-order valence-corrected chi connectivity index (χ4v) is 7.64. The minimum Gasteiger partial charge on any atom is -0.462 e. The molecule has 2 atom stereocenters. The average molecular weight is 819 g/mol. The fourth-order valence-electron chi connectivity index (χ4n) is 6.90. The zero-order chi connectivity index (χ0) is 41.4. The summed E-state index contributed by atoms with van der Waals surface area (Å²) in [5, 5.41) is 0. The Kier molecular flexibility index (Phi) is 38.8. The second kappa shape index (κ2) is 39.5. The van der Waals surface area contributed by atoms with E-state index >= 15 is 0 Å². The van der Waals surface area contributed by atoms with Crippen LogP contribution in [-0.4, -0.2) is 74.9 Å². The average Bonchev–Trinajstić information content (AvgIpc) is 3.15. The molecule has 10 heteroatoms. The molecule has 9 nitrogen and oxygen atoms in total. The van der Waals surface area contributed by atoms with Crippen molar-refractivity contribution in [2.24, 2.45) is 0 Å². The number of carbonyl (C=O) groups is 2. The first-order valence-electron chi connectivity index (χ1n) is 23.8. The minimum atomic E-state index is -4.37. The van der Waals surface area contributed by atoms with Gasteiger partial charge in [-0.25, -0.2) is 4.57 Å². The Morgan fingerprint density at radius 1 is 0.482 bits per heavy atom. The van der Waals surface area contributed by atoms with Crippen molar-refractivity contribution in [2.45, 2.75) is 238 Å². The number of phosphoric acid groups is 1. The number of unbranched alkanes of at least 4 members (excludes halogenated alkanes) is 30. The zero-order valence-electron chi connectivity index (χ0n) is 37.6. The highest BCUT2D eigenvalue weighted by Gasteiger charge is 2.27. The molecule has 0 aromatic heterocycles. The molecule has 0 aliphatic rings. The van der Waals surface area contributed by atoms with E-state index in [4.69, 9.17) is 18.5 Å². The van der Waals surface area contributed by atoms with Crippen LogP contribution in [-0.2, 0) is 32.7 Å². The predicted molar refractivity (Wildman–Crippen MR) is 234 cm³/mol. The zero-order valence-corrected chi connectivity index (χ0v) is 38.5. The second-order valence-corrected chi connectivity index (χ2v) is 19.0. The topological polar surface area (TPSA) is 108 Å². The third-order valence-electron chi connectivity index (χ3n) is 10.6. The third kappa shape index (κ3) is 42.6. The maximum absolute atomic E-state index is 12.7. The molecule has 0 aromatic rings. The first-order chi connectivity index (χ1) is 27.0. The number of esters is 2. The van der Waals surface area contributed by atoms with Crippen molar-refractivity contribution >= 4 is 19.8 Å². The molecule has 1 N–H and O–H groups in total. The Morgan fingerprint density at radius 3 is 1.14 bits per heavy atom. The highest BCUT2D eigenvalue weighted by atomic mass is 31.2. The monoisotopic (exact) mass is 819 g/mol. The number of ether oxygens (including phenoxy) is 2. The molecule has 0 saturated heterocycles. The maximum Gasteiger partial charge on any atom is 0.472 e. The molecule has 1 unspecified atom stereocenters. The van der Waals surface area contributed by atoms with Gasteiger partial charge in [-0.15, -0.1) is 0 Å². The van der Waals surface area contributed by atoms with Crippen molar-refractivity contribution in [1.82, 2.24) is 0 Å². The van der Waals surface area contributed by atoms with E-state index in [9.17, 15) is 19.0 Å². The number of hydrogen-bond donors (Lipinski definition) is 1. The molecule has 0 rings (SSSR count). The second-order valence-electron chi connectivity index (χ2n) is 17.5. The first-order valence-corrected chi connectivity index (χ1v) is 25.3. The van der Waals surface area contributed by atoms with Gasteiger partial charge in [0.25, 0.3) is 0 Å². The molecule has 56 heavy (non-hydrogen) atoms. The summed E-state index contributed by atoms with van der Waals surface area (Å²) >= 11 is 0. The molecule has 0 bridgehead atoms. The Hall–Kier alpha value is -0.990. The van der Waals surface area contributed by atoms with Gasteiger partial charge < -0.3 is 18.9 Å². The van der Waals surface area contributed by atoms with Gasteiger partial charge in [-0.05, 0) is 12.8 Å². The van der Waals surface area contributed by atoms with Crippen LogP contribution >= 0.6 is 7.82 Å². The lowest BCUT2D eigenvalue weighted by molar-refractivity contribution is -0.870. The van der Waals surface area contributed by atoms with Gasteiger partial charge in [-0.1, -0.05) is 206 Å². The van der Waals surface area contributed by atoms with Crippen molar-refractivity contribution in [3.63, 3.8) is 0 Å². The van der Waals surface area contributed by atoms with Gasteiger partial charge in [-0.2, -0.15) is 0 Å². The number of quaternary nitrogens is 1. The normalized spacial score (nSPS) is 13.5. The lowest BCUT2D eigenvalue weighted by Crippen LogP contribution is -2.37. The number of nitrogens with zero attached hydrogens (tertiary/aromatic N) is 1. The van der Waals surface area contributed by atoms with E-state index in [2.05, 4.69) is 13.8 Å². The van der Waals surface area contributed by atoms with E-state index in [0.717, 1.165) is 38.5 Å². The van der Waals surface area contributed by atoms with Crippen LogP contribution in [0.3, 0.4) is 0 Å². The summed E-state index contributed by atoms with van der Waals surface area (Å²) < 4.78 is 34.3. The standard InChI is InChI=1S/C46H92NO8P/c1-6-8-10-12-14-16-18-19-20-21-22-23-24-25-26-27-29-31-33-35-37-39-46(49)55-44(43-54-56(50,51)53-41-40-47(3,4)5)42-52-45(48)38-36-34-32-30-28-17-15-13-11-9-7-2/h44H,6-43H2,1-5H3/p+1/t44-/m1/s1. The van der Waals surface area contributed by atoms with E-state index in [1.54, 1.807) is 0 Å². The van der Waals surface area contributed by atoms with Crippen LogP contribution in [0.2, 0.25) is 0 Å². The number of carbonyl (C=O) groups excluding carboxylic acids is 2. The molecule has 334 valence electrons. The van der Waals surface area contributed by atoms with Crippen LogP contribution in [0.1, 0.15) is 232 Å². The summed E-state index contributed by atoms with van der Waals surface area (Å²) in [7, 11) is 1.49.